The highest BCUT2D eigenvalue weighted by molar-refractivity contribution is 14.1. The van der Waals surface area contributed by atoms with E-state index in [9.17, 15) is 4.79 Å². The average Bonchev–Trinajstić information content (AvgIpc) is 2.08. The number of ketones is 1. The summed E-state index contributed by atoms with van der Waals surface area (Å²) in [6.45, 7) is 3.70. The molecule has 1 nitrogen and oxygen atoms in total. The van der Waals surface area contributed by atoms with E-state index in [1.54, 1.807) is 0 Å². The van der Waals surface area contributed by atoms with E-state index in [-0.39, 0.29) is 3.92 Å². The molecular formula is C10H15IO. The van der Waals surface area contributed by atoms with Crippen LogP contribution in [0.4, 0.5) is 0 Å². The summed E-state index contributed by atoms with van der Waals surface area (Å²) in [5.74, 6) is 1.07. The Kier molecular flexibility index (Phi) is 4.26. The maximum absolute atomic E-state index is 11.3. The van der Waals surface area contributed by atoms with Crippen LogP contribution in [0.5, 0.6) is 0 Å². The second kappa shape index (κ2) is 5.00. The highest BCUT2D eigenvalue weighted by Gasteiger charge is 2.28. The largest absolute Gasteiger partial charge is 0.299 e. The lowest BCUT2D eigenvalue weighted by Crippen LogP contribution is -2.28. The number of rotatable bonds is 3. The van der Waals surface area contributed by atoms with Gasteiger partial charge in [-0.1, -0.05) is 28.7 Å². The average molecular weight is 278 g/mol. The summed E-state index contributed by atoms with van der Waals surface area (Å²) < 4.78 is 0.274. The third kappa shape index (κ3) is 2.57. The Morgan fingerprint density at radius 2 is 2.42 bits per heavy atom. The number of alkyl halides is 1. The van der Waals surface area contributed by atoms with Gasteiger partial charge < -0.3 is 0 Å². The van der Waals surface area contributed by atoms with Crippen LogP contribution in [0.25, 0.3) is 0 Å². The minimum Gasteiger partial charge on any atom is -0.299 e. The van der Waals surface area contributed by atoms with Gasteiger partial charge in [0.1, 0.15) is 5.78 Å². The van der Waals surface area contributed by atoms with E-state index in [0.29, 0.717) is 11.7 Å². The van der Waals surface area contributed by atoms with E-state index in [0.717, 1.165) is 25.7 Å². The molecule has 0 bridgehead atoms. The molecule has 2 atom stereocenters. The predicted molar refractivity (Wildman–Crippen MR) is 59.6 cm³/mol. The number of Topliss-reactive ketones (excluding diaryl/α,β-unsaturated/α-hetero) is 1. The molecule has 0 saturated heterocycles. The lowest BCUT2D eigenvalue weighted by Gasteiger charge is -2.25. The molecule has 1 rings (SSSR count). The highest BCUT2D eigenvalue weighted by atomic mass is 127. The van der Waals surface area contributed by atoms with Crippen molar-refractivity contribution < 1.29 is 4.79 Å². The van der Waals surface area contributed by atoms with Gasteiger partial charge in [0, 0.05) is 6.42 Å². The summed E-state index contributed by atoms with van der Waals surface area (Å²) in [6.07, 6.45) is 7.27. The first-order chi connectivity index (χ1) is 5.75. The van der Waals surface area contributed by atoms with Crippen LogP contribution < -0.4 is 0 Å². The molecular weight excluding hydrogens is 263 g/mol. The zero-order valence-corrected chi connectivity index (χ0v) is 9.42. The van der Waals surface area contributed by atoms with Crippen LogP contribution >= 0.6 is 22.6 Å². The molecule has 0 aromatic rings. The van der Waals surface area contributed by atoms with Crippen LogP contribution in [0.15, 0.2) is 12.7 Å². The third-order valence-corrected chi connectivity index (χ3v) is 4.17. The Balaban J connectivity index is 2.40. The van der Waals surface area contributed by atoms with Gasteiger partial charge in [-0.05, 0) is 31.6 Å². The van der Waals surface area contributed by atoms with Crippen LogP contribution in [-0.2, 0) is 4.79 Å². The van der Waals surface area contributed by atoms with Crippen molar-refractivity contribution in [2.75, 3.05) is 0 Å². The lowest BCUT2D eigenvalue weighted by atomic mass is 9.85. The van der Waals surface area contributed by atoms with Crippen molar-refractivity contribution in [3.8, 4) is 0 Å². The predicted octanol–water partition coefficient (Wildman–Crippen LogP) is 3.13. The molecule has 2 heteroatoms. The van der Waals surface area contributed by atoms with Crippen molar-refractivity contribution in [2.45, 2.75) is 36.0 Å². The standard InChI is InChI=1S/C10H15IO/c1-2-3-5-8-6-4-7-9(12)10(8)11/h2,8,10H,1,3-7H2/t8-,10-/m0/s1. The topological polar surface area (TPSA) is 17.1 Å². The van der Waals surface area contributed by atoms with Crippen LogP contribution in [-0.4, -0.2) is 9.71 Å². The van der Waals surface area contributed by atoms with Gasteiger partial charge in [0.15, 0.2) is 0 Å². The SMILES string of the molecule is C=CCC[C@H]1CCCC(=O)[C@H]1I. The van der Waals surface area contributed by atoms with Crippen molar-refractivity contribution in [3.63, 3.8) is 0 Å². The number of hydrogen-bond donors (Lipinski definition) is 0. The van der Waals surface area contributed by atoms with Crippen molar-refractivity contribution in [1.82, 2.24) is 0 Å². The van der Waals surface area contributed by atoms with E-state index >= 15 is 0 Å². The molecule has 12 heavy (non-hydrogen) atoms. The summed E-state index contributed by atoms with van der Waals surface area (Å²) >= 11 is 2.30. The summed E-state index contributed by atoms with van der Waals surface area (Å²) in [7, 11) is 0. The molecule has 0 aromatic carbocycles. The van der Waals surface area contributed by atoms with Gasteiger partial charge in [-0.2, -0.15) is 0 Å². The van der Waals surface area contributed by atoms with Crippen LogP contribution in [0.3, 0.4) is 0 Å². The van der Waals surface area contributed by atoms with Gasteiger partial charge in [0.25, 0.3) is 0 Å². The maximum Gasteiger partial charge on any atom is 0.145 e. The molecule has 0 aliphatic heterocycles. The quantitative estimate of drug-likeness (QED) is 0.440. The monoisotopic (exact) mass is 278 g/mol. The fraction of sp³-hybridized carbons (Fsp3) is 0.700. The summed E-state index contributed by atoms with van der Waals surface area (Å²) in [5, 5.41) is 0. The van der Waals surface area contributed by atoms with E-state index in [1.165, 1.54) is 6.42 Å². The van der Waals surface area contributed by atoms with E-state index in [2.05, 4.69) is 29.2 Å². The van der Waals surface area contributed by atoms with E-state index in [4.69, 9.17) is 0 Å². The maximum atomic E-state index is 11.3. The molecule has 1 saturated carbocycles. The molecule has 0 unspecified atom stereocenters. The number of halogens is 1. The molecule has 0 N–H and O–H groups in total. The smallest absolute Gasteiger partial charge is 0.145 e. The second-order valence-corrected chi connectivity index (χ2v) is 4.73. The number of carbonyl (C=O) groups excluding carboxylic acids is 1. The molecule has 68 valence electrons. The van der Waals surface area contributed by atoms with Gasteiger partial charge in [0.2, 0.25) is 0 Å². The molecule has 1 aliphatic carbocycles. The number of hydrogen-bond acceptors (Lipinski definition) is 1. The first-order valence-electron chi connectivity index (χ1n) is 4.53. The Bertz CT molecular complexity index is 177. The van der Waals surface area contributed by atoms with Crippen molar-refractivity contribution in [3.05, 3.63) is 12.7 Å². The van der Waals surface area contributed by atoms with Gasteiger partial charge in [0.05, 0.1) is 3.92 Å². The number of carbonyl (C=O) groups is 1. The van der Waals surface area contributed by atoms with Gasteiger partial charge in [-0.3, -0.25) is 4.79 Å². The molecule has 0 heterocycles. The molecule has 1 aliphatic rings. The van der Waals surface area contributed by atoms with Gasteiger partial charge in [-0.25, -0.2) is 0 Å². The third-order valence-electron chi connectivity index (χ3n) is 2.46. The summed E-state index contributed by atoms with van der Waals surface area (Å²) in [5.41, 5.74) is 0. The van der Waals surface area contributed by atoms with E-state index in [1.807, 2.05) is 6.08 Å². The first-order valence-corrected chi connectivity index (χ1v) is 5.78. The Morgan fingerprint density at radius 3 is 3.08 bits per heavy atom. The Morgan fingerprint density at radius 1 is 1.67 bits per heavy atom. The van der Waals surface area contributed by atoms with Gasteiger partial charge in [-0.15, -0.1) is 6.58 Å². The minimum absolute atomic E-state index is 0.274. The lowest BCUT2D eigenvalue weighted by molar-refractivity contribution is -0.120. The molecule has 0 amide bonds. The molecule has 0 radical (unpaired) electrons. The second-order valence-electron chi connectivity index (χ2n) is 3.39. The zero-order chi connectivity index (χ0) is 8.97. The fourth-order valence-electron chi connectivity index (χ4n) is 1.71. The summed E-state index contributed by atoms with van der Waals surface area (Å²) in [4.78, 5) is 11.3. The van der Waals surface area contributed by atoms with Crippen molar-refractivity contribution >= 4 is 28.4 Å². The molecule has 0 spiro atoms. The summed E-state index contributed by atoms with van der Waals surface area (Å²) in [6, 6.07) is 0. The number of allylic oxidation sites excluding steroid dienone is 1. The normalized spacial score (nSPS) is 30.2. The Hall–Kier alpha value is 0.140. The molecule has 0 aromatic heterocycles. The van der Waals surface area contributed by atoms with Crippen molar-refractivity contribution in [1.29, 1.82) is 0 Å². The van der Waals surface area contributed by atoms with Gasteiger partial charge >= 0.3 is 0 Å². The fourth-order valence-corrected chi connectivity index (χ4v) is 2.74. The zero-order valence-electron chi connectivity index (χ0n) is 7.26. The van der Waals surface area contributed by atoms with Crippen LogP contribution in [0.2, 0.25) is 0 Å². The highest BCUT2D eigenvalue weighted by Crippen LogP contribution is 2.31. The molecule has 1 fully saturated rings. The van der Waals surface area contributed by atoms with Crippen LogP contribution in [0.1, 0.15) is 32.1 Å². The van der Waals surface area contributed by atoms with Crippen molar-refractivity contribution in [2.24, 2.45) is 5.92 Å². The minimum atomic E-state index is 0.274. The van der Waals surface area contributed by atoms with Crippen LogP contribution in [0, 0.1) is 5.92 Å². The first kappa shape index (κ1) is 10.2. The van der Waals surface area contributed by atoms with E-state index < -0.39 is 0 Å². The Labute approximate surface area is 87.8 Å².